The summed E-state index contributed by atoms with van der Waals surface area (Å²) in [5, 5.41) is 8.14. The number of amides is 2. The number of ether oxygens (including phenoxy) is 1. The van der Waals surface area contributed by atoms with Crippen LogP contribution in [0.3, 0.4) is 0 Å². The van der Waals surface area contributed by atoms with Crippen LogP contribution < -0.4 is 5.32 Å². The molecule has 10 heteroatoms. The minimum Gasteiger partial charge on any atom is -0.448 e. The van der Waals surface area contributed by atoms with Gasteiger partial charge in [0.15, 0.2) is 15.9 Å². The molecule has 0 aromatic carbocycles. The molecule has 0 aromatic heterocycles. The highest BCUT2D eigenvalue weighted by Crippen LogP contribution is 2.22. The molecular formula is C19H29N3O6S. The second-order valence-electron chi connectivity index (χ2n) is 8.09. The molecule has 9 nitrogen and oxygen atoms in total. The average molecular weight is 428 g/mol. The van der Waals surface area contributed by atoms with Crippen LogP contribution in [0.5, 0.6) is 0 Å². The molecule has 1 saturated heterocycles. The fourth-order valence-electron chi connectivity index (χ4n) is 4.00. The summed E-state index contributed by atoms with van der Waals surface area (Å²) in [7, 11) is -3.19. The van der Waals surface area contributed by atoms with E-state index in [1.807, 2.05) is 0 Å². The van der Waals surface area contributed by atoms with Crippen molar-refractivity contribution >= 4 is 33.3 Å². The van der Waals surface area contributed by atoms with Crippen molar-refractivity contribution in [3.8, 4) is 0 Å². The number of hydrazone groups is 1. The molecule has 0 bridgehead atoms. The number of nitrogens with zero attached hydrogens (tertiary/aromatic N) is 2. The van der Waals surface area contributed by atoms with Gasteiger partial charge >= 0.3 is 5.97 Å². The first-order valence-corrected chi connectivity index (χ1v) is 12.2. The van der Waals surface area contributed by atoms with Crippen LogP contribution in [-0.2, 0) is 29.0 Å². The Labute approximate surface area is 171 Å². The van der Waals surface area contributed by atoms with Crippen LogP contribution in [-0.4, -0.2) is 66.6 Å². The maximum Gasteiger partial charge on any atom is 0.355 e. The molecule has 29 heavy (non-hydrogen) atoms. The summed E-state index contributed by atoms with van der Waals surface area (Å²) < 4.78 is 28.7. The molecule has 162 valence electrons. The third-order valence-corrected chi connectivity index (χ3v) is 7.45. The van der Waals surface area contributed by atoms with Crippen molar-refractivity contribution in [2.75, 3.05) is 11.5 Å². The summed E-state index contributed by atoms with van der Waals surface area (Å²) in [5.74, 6) is -1.52. The summed E-state index contributed by atoms with van der Waals surface area (Å²) in [4.78, 5) is 37.0. The first-order chi connectivity index (χ1) is 13.7. The van der Waals surface area contributed by atoms with Crippen molar-refractivity contribution in [2.24, 2.45) is 5.10 Å². The number of nitrogens with one attached hydrogen (secondary N) is 1. The van der Waals surface area contributed by atoms with Crippen LogP contribution in [0, 0.1) is 0 Å². The second-order valence-corrected chi connectivity index (χ2v) is 10.3. The number of carbonyl (C=O) groups excluding carboxylic acids is 3. The zero-order valence-corrected chi connectivity index (χ0v) is 17.6. The fourth-order valence-corrected chi connectivity index (χ4v) is 5.69. The van der Waals surface area contributed by atoms with E-state index in [1.165, 1.54) is 19.8 Å². The van der Waals surface area contributed by atoms with E-state index in [0.717, 1.165) is 30.7 Å². The topological polar surface area (TPSA) is 122 Å². The van der Waals surface area contributed by atoms with Gasteiger partial charge in [0.1, 0.15) is 5.71 Å². The normalized spacial score (nSPS) is 26.4. The van der Waals surface area contributed by atoms with E-state index < -0.39 is 28.0 Å². The lowest BCUT2D eigenvalue weighted by atomic mass is 10.1. The molecular weight excluding hydrogens is 398 g/mol. The largest absolute Gasteiger partial charge is 0.448 e. The van der Waals surface area contributed by atoms with Gasteiger partial charge in [0.05, 0.1) is 17.5 Å². The Morgan fingerprint density at radius 2 is 1.83 bits per heavy atom. The lowest BCUT2D eigenvalue weighted by Crippen LogP contribution is -2.44. The van der Waals surface area contributed by atoms with Gasteiger partial charge in [0, 0.05) is 18.9 Å². The SMILES string of the molecule is C[C@@H](OC(=O)C1=NN([C@@H]2CCS(=O)(=O)C2)C(=O)CC1)C(=O)NC1CCCCCC1. The van der Waals surface area contributed by atoms with Gasteiger partial charge < -0.3 is 10.1 Å². The maximum atomic E-state index is 12.5. The predicted octanol–water partition coefficient (Wildman–Crippen LogP) is 0.923. The molecule has 2 fully saturated rings. The van der Waals surface area contributed by atoms with Crippen LogP contribution in [0.25, 0.3) is 0 Å². The van der Waals surface area contributed by atoms with Gasteiger partial charge in [0.25, 0.3) is 5.91 Å². The third kappa shape index (κ3) is 5.77. The zero-order chi connectivity index (χ0) is 21.0. The van der Waals surface area contributed by atoms with Crippen LogP contribution in [0.4, 0.5) is 0 Å². The Morgan fingerprint density at radius 3 is 2.45 bits per heavy atom. The fraction of sp³-hybridized carbons (Fsp3) is 0.789. The van der Waals surface area contributed by atoms with E-state index >= 15 is 0 Å². The van der Waals surface area contributed by atoms with Crippen molar-refractivity contribution in [1.29, 1.82) is 0 Å². The summed E-state index contributed by atoms with van der Waals surface area (Å²) in [6, 6.07) is -0.442. The molecule has 1 aliphatic carbocycles. The van der Waals surface area contributed by atoms with Crippen LogP contribution >= 0.6 is 0 Å². The van der Waals surface area contributed by atoms with Crippen molar-refractivity contribution in [2.45, 2.75) is 82.9 Å². The van der Waals surface area contributed by atoms with E-state index in [9.17, 15) is 22.8 Å². The maximum absolute atomic E-state index is 12.5. The van der Waals surface area contributed by atoms with Crippen LogP contribution in [0.1, 0.15) is 64.7 Å². The molecule has 0 radical (unpaired) electrons. The minimum atomic E-state index is -3.19. The molecule has 2 heterocycles. The highest BCUT2D eigenvalue weighted by molar-refractivity contribution is 7.91. The number of hydrogen-bond donors (Lipinski definition) is 1. The zero-order valence-electron chi connectivity index (χ0n) is 16.8. The highest BCUT2D eigenvalue weighted by atomic mass is 32.2. The Morgan fingerprint density at radius 1 is 1.14 bits per heavy atom. The van der Waals surface area contributed by atoms with Gasteiger partial charge in [-0.3, -0.25) is 9.59 Å². The minimum absolute atomic E-state index is 0.00905. The lowest BCUT2D eigenvalue weighted by Gasteiger charge is -2.27. The second kappa shape index (κ2) is 9.23. The number of hydrogen-bond acceptors (Lipinski definition) is 7. The Hall–Kier alpha value is -1.97. The molecule has 0 aromatic rings. The Bertz CT molecular complexity index is 786. The first-order valence-electron chi connectivity index (χ1n) is 10.4. The monoisotopic (exact) mass is 427 g/mol. The molecule has 0 spiro atoms. The van der Waals surface area contributed by atoms with Gasteiger partial charge in [-0.15, -0.1) is 0 Å². The number of rotatable bonds is 5. The van der Waals surface area contributed by atoms with Crippen molar-refractivity contribution in [1.82, 2.24) is 10.3 Å². The van der Waals surface area contributed by atoms with E-state index in [1.54, 1.807) is 0 Å². The van der Waals surface area contributed by atoms with Gasteiger partial charge in [-0.05, 0) is 26.2 Å². The molecule has 2 atom stereocenters. The van der Waals surface area contributed by atoms with Gasteiger partial charge in [0.2, 0.25) is 5.91 Å². The molecule has 0 unspecified atom stereocenters. The lowest BCUT2D eigenvalue weighted by molar-refractivity contribution is -0.149. The number of carbonyl (C=O) groups is 3. The van der Waals surface area contributed by atoms with E-state index in [-0.39, 0.29) is 47.9 Å². The van der Waals surface area contributed by atoms with Crippen molar-refractivity contribution < 1.29 is 27.5 Å². The standard InChI is InChI=1S/C19H29N3O6S/c1-13(18(24)20-14-6-4-2-3-5-7-14)28-19(25)16-8-9-17(23)22(21-16)15-10-11-29(26,27)12-15/h13-15H,2-12H2,1H3,(H,20,24)/t13-,15-/m1/s1. The molecule has 1 saturated carbocycles. The smallest absolute Gasteiger partial charge is 0.355 e. The summed E-state index contributed by atoms with van der Waals surface area (Å²) in [6.07, 6.45) is 5.89. The van der Waals surface area contributed by atoms with Crippen molar-refractivity contribution in [3.63, 3.8) is 0 Å². The molecule has 1 N–H and O–H groups in total. The van der Waals surface area contributed by atoms with Gasteiger partial charge in [-0.1, -0.05) is 25.7 Å². The van der Waals surface area contributed by atoms with Crippen LogP contribution in [0.15, 0.2) is 5.10 Å². The number of sulfone groups is 1. The molecule has 2 aliphatic heterocycles. The highest BCUT2D eigenvalue weighted by Gasteiger charge is 2.38. The number of esters is 1. The Kier molecular flexibility index (Phi) is 6.92. The third-order valence-electron chi connectivity index (χ3n) is 5.70. The first kappa shape index (κ1) is 21.7. The summed E-state index contributed by atoms with van der Waals surface area (Å²) in [5.41, 5.74) is 0.0445. The summed E-state index contributed by atoms with van der Waals surface area (Å²) >= 11 is 0. The van der Waals surface area contributed by atoms with E-state index in [0.29, 0.717) is 6.42 Å². The van der Waals surface area contributed by atoms with Crippen LogP contribution in [0.2, 0.25) is 0 Å². The Balaban J connectivity index is 1.57. The van der Waals surface area contributed by atoms with E-state index in [2.05, 4.69) is 10.4 Å². The van der Waals surface area contributed by atoms with Crippen molar-refractivity contribution in [3.05, 3.63) is 0 Å². The quantitative estimate of drug-likeness (QED) is 0.514. The summed E-state index contributed by atoms with van der Waals surface area (Å²) in [6.45, 7) is 1.51. The average Bonchev–Trinajstić information content (AvgIpc) is 2.86. The molecule has 3 aliphatic rings. The van der Waals surface area contributed by atoms with Gasteiger partial charge in [-0.2, -0.15) is 5.10 Å². The molecule has 3 rings (SSSR count). The molecule has 2 amide bonds. The predicted molar refractivity (Wildman–Crippen MR) is 106 cm³/mol. The van der Waals surface area contributed by atoms with E-state index in [4.69, 9.17) is 4.74 Å². The van der Waals surface area contributed by atoms with Gasteiger partial charge in [-0.25, -0.2) is 18.2 Å².